The number of hydrogen-bond donors (Lipinski definition) is 0. The number of benzene rings is 1. The number of likely N-dealkylation sites (tertiary alicyclic amines) is 1. The summed E-state index contributed by atoms with van der Waals surface area (Å²) in [5.74, 6) is 0.663. The molecule has 2 atom stereocenters. The van der Waals surface area contributed by atoms with Crippen LogP contribution in [-0.2, 0) is 0 Å². The fourth-order valence-corrected chi connectivity index (χ4v) is 4.91. The fraction of sp³-hybridized carbons (Fsp3) is 0.455. The monoisotopic (exact) mass is 362 g/mol. The number of fused-ring (bicyclic) bond motifs is 5. The van der Waals surface area contributed by atoms with Gasteiger partial charge < -0.3 is 14.7 Å². The first-order valence-electron chi connectivity index (χ1n) is 10.00. The van der Waals surface area contributed by atoms with Gasteiger partial charge in [-0.2, -0.15) is 0 Å². The van der Waals surface area contributed by atoms with E-state index in [0.29, 0.717) is 11.6 Å². The second-order valence-electron chi connectivity index (χ2n) is 8.05. The van der Waals surface area contributed by atoms with Gasteiger partial charge in [-0.1, -0.05) is 12.1 Å². The quantitative estimate of drug-likeness (QED) is 0.824. The van der Waals surface area contributed by atoms with Gasteiger partial charge in [0, 0.05) is 44.6 Å². The van der Waals surface area contributed by atoms with Crippen LogP contribution >= 0.6 is 0 Å². The first kappa shape index (κ1) is 16.8. The summed E-state index contributed by atoms with van der Waals surface area (Å²) in [5, 5.41) is 0. The summed E-state index contributed by atoms with van der Waals surface area (Å²) >= 11 is 0. The van der Waals surface area contributed by atoms with Crippen molar-refractivity contribution in [1.29, 1.82) is 0 Å². The normalized spacial score (nSPS) is 24.8. The molecule has 5 rings (SSSR count). The number of anilines is 1. The summed E-state index contributed by atoms with van der Waals surface area (Å²) in [6.45, 7) is 5.17. The molecule has 2 fully saturated rings. The average molecular weight is 362 g/mol. The lowest BCUT2D eigenvalue weighted by Gasteiger charge is -2.35. The highest BCUT2D eigenvalue weighted by Crippen LogP contribution is 2.50. The Balaban J connectivity index is 1.44. The lowest BCUT2D eigenvalue weighted by Crippen LogP contribution is -2.44. The maximum absolute atomic E-state index is 13.1. The smallest absolute Gasteiger partial charge is 0.272 e. The molecule has 1 amide bonds. The number of aromatic nitrogens is 1. The fourth-order valence-electron chi connectivity index (χ4n) is 4.91. The molecule has 3 aliphatic rings. The molecule has 0 radical (unpaired) electrons. The van der Waals surface area contributed by atoms with Gasteiger partial charge in [0.15, 0.2) is 0 Å². The molecule has 2 bridgehead atoms. The maximum Gasteiger partial charge on any atom is 0.272 e. The van der Waals surface area contributed by atoms with Crippen molar-refractivity contribution < 1.29 is 4.79 Å². The molecule has 5 heteroatoms. The number of piperidine rings is 1. The minimum atomic E-state index is 0.0666. The number of amides is 1. The number of rotatable bonds is 2. The largest absolute Gasteiger partial charge is 0.369 e. The summed E-state index contributed by atoms with van der Waals surface area (Å²) in [6, 6.07) is 12.7. The van der Waals surface area contributed by atoms with Crippen molar-refractivity contribution in [2.24, 2.45) is 0 Å². The topological polar surface area (TPSA) is 39.7 Å². The number of nitrogens with zero attached hydrogens (tertiary/aromatic N) is 4. The summed E-state index contributed by atoms with van der Waals surface area (Å²) in [6.07, 6.45) is 3.81. The molecule has 2 unspecified atom stereocenters. The summed E-state index contributed by atoms with van der Waals surface area (Å²) < 4.78 is 0. The van der Waals surface area contributed by atoms with Crippen LogP contribution in [0.3, 0.4) is 0 Å². The van der Waals surface area contributed by atoms with Crippen molar-refractivity contribution in [3.05, 3.63) is 59.4 Å². The molecule has 3 heterocycles. The second kappa shape index (κ2) is 6.64. The molecule has 140 valence electrons. The molecule has 27 heavy (non-hydrogen) atoms. The number of hydrogen-bond acceptors (Lipinski definition) is 4. The van der Waals surface area contributed by atoms with E-state index in [1.165, 1.54) is 16.8 Å². The van der Waals surface area contributed by atoms with Gasteiger partial charge >= 0.3 is 0 Å². The summed E-state index contributed by atoms with van der Waals surface area (Å²) in [5.41, 5.74) is 4.67. The van der Waals surface area contributed by atoms with Gasteiger partial charge in [0.1, 0.15) is 5.69 Å². The van der Waals surface area contributed by atoms with Gasteiger partial charge in [-0.25, -0.2) is 0 Å². The minimum absolute atomic E-state index is 0.0666. The van der Waals surface area contributed by atoms with Gasteiger partial charge in [-0.15, -0.1) is 0 Å². The van der Waals surface area contributed by atoms with E-state index < -0.39 is 0 Å². The van der Waals surface area contributed by atoms with Crippen LogP contribution in [-0.4, -0.2) is 60.5 Å². The van der Waals surface area contributed by atoms with Crippen molar-refractivity contribution in [3.63, 3.8) is 0 Å². The number of piperazine rings is 1. The highest BCUT2D eigenvalue weighted by Gasteiger charge is 2.41. The zero-order valence-electron chi connectivity index (χ0n) is 15.8. The zero-order chi connectivity index (χ0) is 18.4. The van der Waals surface area contributed by atoms with Crippen molar-refractivity contribution in [3.8, 4) is 0 Å². The van der Waals surface area contributed by atoms with Crippen LogP contribution in [0.15, 0.2) is 42.6 Å². The highest BCUT2D eigenvalue weighted by molar-refractivity contribution is 5.92. The first-order chi connectivity index (χ1) is 13.2. The van der Waals surface area contributed by atoms with E-state index in [0.717, 1.165) is 45.6 Å². The molecule has 1 aliphatic carbocycles. The second-order valence-corrected chi connectivity index (χ2v) is 8.05. The molecule has 1 aromatic heterocycles. The van der Waals surface area contributed by atoms with Crippen molar-refractivity contribution in [2.45, 2.75) is 24.8 Å². The third kappa shape index (κ3) is 2.90. The van der Waals surface area contributed by atoms with E-state index in [-0.39, 0.29) is 11.9 Å². The molecule has 2 aromatic rings. The van der Waals surface area contributed by atoms with E-state index in [1.54, 1.807) is 6.20 Å². The van der Waals surface area contributed by atoms with Crippen LogP contribution in [0.2, 0.25) is 0 Å². The van der Waals surface area contributed by atoms with Gasteiger partial charge in [0.2, 0.25) is 0 Å². The van der Waals surface area contributed by atoms with Gasteiger partial charge in [0.05, 0.1) is 6.04 Å². The van der Waals surface area contributed by atoms with Crippen LogP contribution in [0.1, 0.15) is 46.4 Å². The third-order valence-electron chi connectivity index (χ3n) is 6.48. The van der Waals surface area contributed by atoms with Gasteiger partial charge in [0.25, 0.3) is 5.91 Å². The molecule has 0 saturated carbocycles. The molecule has 2 aliphatic heterocycles. The molecule has 5 nitrogen and oxygen atoms in total. The van der Waals surface area contributed by atoms with Crippen molar-refractivity contribution >= 4 is 11.6 Å². The Bertz CT molecular complexity index is 845. The molecule has 0 spiro atoms. The Morgan fingerprint density at radius 1 is 1.04 bits per heavy atom. The number of carbonyl (C=O) groups is 1. The molecular weight excluding hydrogens is 336 g/mol. The van der Waals surface area contributed by atoms with Crippen LogP contribution in [0, 0.1) is 0 Å². The predicted octanol–water partition coefficient (Wildman–Crippen LogP) is 2.91. The summed E-state index contributed by atoms with van der Waals surface area (Å²) in [7, 11) is 2.18. The average Bonchev–Trinajstić information content (AvgIpc) is 3.00. The number of carbonyl (C=O) groups excluding carboxylic acids is 1. The first-order valence-corrected chi connectivity index (χ1v) is 10.00. The van der Waals surface area contributed by atoms with Crippen LogP contribution in [0.4, 0.5) is 5.69 Å². The molecular formula is C22H26N4O. The van der Waals surface area contributed by atoms with E-state index in [9.17, 15) is 4.79 Å². The third-order valence-corrected chi connectivity index (χ3v) is 6.48. The molecule has 1 aromatic carbocycles. The van der Waals surface area contributed by atoms with Crippen molar-refractivity contribution in [2.75, 3.05) is 44.7 Å². The van der Waals surface area contributed by atoms with Crippen LogP contribution < -0.4 is 4.90 Å². The lowest BCUT2D eigenvalue weighted by atomic mass is 9.95. The Morgan fingerprint density at radius 2 is 1.89 bits per heavy atom. The van der Waals surface area contributed by atoms with Crippen LogP contribution in [0.5, 0.6) is 0 Å². The van der Waals surface area contributed by atoms with Crippen LogP contribution in [0.25, 0.3) is 0 Å². The van der Waals surface area contributed by atoms with E-state index in [2.05, 4.69) is 44.9 Å². The Hall–Kier alpha value is -2.40. The van der Waals surface area contributed by atoms with E-state index in [4.69, 9.17) is 0 Å². The maximum atomic E-state index is 13.1. The lowest BCUT2D eigenvalue weighted by molar-refractivity contribution is 0.0614. The molecule has 0 N–H and O–H groups in total. The molecule has 2 saturated heterocycles. The van der Waals surface area contributed by atoms with E-state index in [1.807, 2.05) is 18.2 Å². The predicted molar refractivity (Wildman–Crippen MR) is 106 cm³/mol. The number of likely N-dealkylation sites (N-methyl/N-ethyl adjacent to an activating group) is 1. The number of pyridine rings is 1. The minimum Gasteiger partial charge on any atom is -0.369 e. The Labute approximate surface area is 160 Å². The summed E-state index contributed by atoms with van der Waals surface area (Å²) in [4.78, 5) is 24.3. The zero-order valence-corrected chi connectivity index (χ0v) is 15.8. The highest BCUT2D eigenvalue weighted by atomic mass is 16.2. The van der Waals surface area contributed by atoms with E-state index >= 15 is 0 Å². The SMILES string of the molecule is CN1CCN(c2ccc3c(c2)C2CC3CCN2C(=O)c2ccccn2)CC1. The van der Waals surface area contributed by atoms with Gasteiger partial charge in [-0.3, -0.25) is 9.78 Å². The standard InChI is InChI=1S/C22H26N4O/c1-24-10-12-25(13-11-24)17-5-6-18-16-7-9-26(21(14-16)19(18)15-17)22(27)20-4-2-3-8-23-20/h2-6,8,15-16,21H,7,9-14H2,1H3. The van der Waals surface area contributed by atoms with Gasteiger partial charge in [-0.05, 0) is 61.2 Å². The Kier molecular flexibility index (Phi) is 4.12. The van der Waals surface area contributed by atoms with Crippen molar-refractivity contribution in [1.82, 2.24) is 14.8 Å². The Morgan fingerprint density at radius 3 is 2.67 bits per heavy atom.